The second kappa shape index (κ2) is 13.8. The maximum atomic E-state index is 13.5. The van der Waals surface area contributed by atoms with E-state index in [1.165, 1.54) is 18.3 Å². The number of amides is 2. The van der Waals surface area contributed by atoms with Gasteiger partial charge in [0.15, 0.2) is 6.61 Å². The van der Waals surface area contributed by atoms with E-state index in [9.17, 15) is 18.0 Å². The lowest BCUT2D eigenvalue weighted by Gasteiger charge is -2.25. The molecule has 2 amide bonds. The second-order valence-corrected chi connectivity index (χ2v) is 11.6. The number of aryl methyl sites for hydroxylation is 2. The number of carbonyl (C=O) groups excluding carboxylic acids is 2. The molecule has 0 aliphatic heterocycles. The third kappa shape index (κ3) is 7.96. The summed E-state index contributed by atoms with van der Waals surface area (Å²) in [4.78, 5) is 25.1. The molecular formula is C31H29ClN4O5S. The SMILES string of the molecule is Cc1ccc(C)c(N(CC(=O)N/N=C\c2ccc(OCC(=O)Nc3ccccc3Cl)cc2)S(=O)(=O)c2ccccc2)c1. The average Bonchev–Trinajstić information content (AvgIpc) is 2.98. The van der Waals surface area contributed by atoms with E-state index in [2.05, 4.69) is 15.8 Å². The van der Waals surface area contributed by atoms with E-state index in [-0.39, 0.29) is 17.4 Å². The molecule has 11 heteroatoms. The topological polar surface area (TPSA) is 117 Å². The zero-order valence-corrected chi connectivity index (χ0v) is 24.5. The molecule has 0 bridgehead atoms. The number of ether oxygens (including phenoxy) is 1. The first-order chi connectivity index (χ1) is 20.1. The Kier molecular flexibility index (Phi) is 9.95. The highest BCUT2D eigenvalue weighted by Crippen LogP contribution is 2.28. The highest BCUT2D eigenvalue weighted by molar-refractivity contribution is 7.92. The number of carbonyl (C=O) groups is 2. The van der Waals surface area contributed by atoms with Crippen LogP contribution in [0.3, 0.4) is 0 Å². The molecule has 4 rings (SSSR count). The fraction of sp³-hybridized carbons (Fsp3) is 0.129. The molecule has 0 saturated heterocycles. The Hall–Kier alpha value is -4.67. The van der Waals surface area contributed by atoms with Crippen molar-refractivity contribution in [3.05, 3.63) is 119 Å². The van der Waals surface area contributed by atoms with Crippen LogP contribution in [0.15, 0.2) is 107 Å². The van der Waals surface area contributed by atoms with Crippen LogP contribution in [-0.4, -0.2) is 39.6 Å². The Balaban J connectivity index is 1.37. The van der Waals surface area contributed by atoms with Gasteiger partial charge in [0.05, 0.1) is 27.5 Å². The van der Waals surface area contributed by atoms with Crippen LogP contribution >= 0.6 is 11.6 Å². The number of sulfonamides is 1. The van der Waals surface area contributed by atoms with Gasteiger partial charge in [0, 0.05) is 0 Å². The molecule has 2 N–H and O–H groups in total. The van der Waals surface area contributed by atoms with Gasteiger partial charge in [-0.1, -0.05) is 54.1 Å². The molecule has 0 fully saturated rings. The van der Waals surface area contributed by atoms with Crippen molar-refractivity contribution in [1.82, 2.24) is 5.43 Å². The van der Waals surface area contributed by atoms with E-state index in [0.717, 1.165) is 9.87 Å². The highest BCUT2D eigenvalue weighted by Gasteiger charge is 2.28. The monoisotopic (exact) mass is 604 g/mol. The quantitative estimate of drug-likeness (QED) is 0.177. The number of hydrazone groups is 1. The minimum atomic E-state index is -4.03. The van der Waals surface area contributed by atoms with Crippen molar-refractivity contribution in [1.29, 1.82) is 0 Å². The standard InChI is InChI=1S/C31H29ClN4O5S/c1-22-12-13-23(2)29(18-22)36(42(39,40)26-8-4-3-5-9-26)20-30(37)35-33-19-24-14-16-25(17-15-24)41-21-31(38)34-28-11-7-6-10-27(28)32/h3-19H,20-21H2,1-2H3,(H,34,38)(H,35,37)/b33-19-. The molecule has 9 nitrogen and oxygen atoms in total. The number of rotatable bonds is 11. The number of benzene rings is 4. The Morgan fingerprint density at radius 1 is 0.905 bits per heavy atom. The molecule has 0 aromatic heterocycles. The molecule has 0 radical (unpaired) electrons. The van der Waals surface area contributed by atoms with Crippen LogP contribution in [0.1, 0.15) is 16.7 Å². The summed E-state index contributed by atoms with van der Waals surface area (Å²) < 4.78 is 33.7. The van der Waals surface area contributed by atoms with E-state index >= 15 is 0 Å². The summed E-state index contributed by atoms with van der Waals surface area (Å²) in [6.07, 6.45) is 1.42. The van der Waals surface area contributed by atoms with Crippen molar-refractivity contribution in [3.8, 4) is 5.75 Å². The fourth-order valence-electron chi connectivity index (χ4n) is 3.90. The maximum Gasteiger partial charge on any atom is 0.264 e. The third-order valence-corrected chi connectivity index (χ3v) is 8.16. The van der Waals surface area contributed by atoms with E-state index in [0.29, 0.717) is 33.3 Å². The normalized spacial score (nSPS) is 11.2. The van der Waals surface area contributed by atoms with Gasteiger partial charge < -0.3 is 10.1 Å². The lowest BCUT2D eigenvalue weighted by atomic mass is 10.1. The summed E-state index contributed by atoms with van der Waals surface area (Å²) in [7, 11) is -4.03. The average molecular weight is 605 g/mol. The Bertz CT molecular complexity index is 1690. The number of hydrogen-bond acceptors (Lipinski definition) is 6. The molecule has 0 atom stereocenters. The number of anilines is 2. The van der Waals surface area contributed by atoms with Crippen LogP contribution in [0.2, 0.25) is 5.02 Å². The molecule has 4 aromatic carbocycles. The number of nitrogens with zero attached hydrogens (tertiary/aromatic N) is 2. The van der Waals surface area contributed by atoms with Crippen molar-refractivity contribution in [2.75, 3.05) is 22.8 Å². The van der Waals surface area contributed by atoms with Gasteiger partial charge >= 0.3 is 0 Å². The number of hydrogen-bond donors (Lipinski definition) is 2. The molecule has 42 heavy (non-hydrogen) atoms. The van der Waals surface area contributed by atoms with Crippen molar-refractivity contribution >= 4 is 51.0 Å². The number of nitrogens with one attached hydrogen (secondary N) is 2. The zero-order valence-electron chi connectivity index (χ0n) is 23.0. The summed E-state index contributed by atoms with van der Waals surface area (Å²) in [5.41, 5.74) is 5.52. The van der Waals surface area contributed by atoms with Crippen LogP contribution in [0.5, 0.6) is 5.75 Å². The summed E-state index contributed by atoms with van der Waals surface area (Å²) in [5.74, 6) is -0.516. The summed E-state index contributed by atoms with van der Waals surface area (Å²) >= 11 is 6.05. The van der Waals surface area contributed by atoms with E-state index in [4.69, 9.17) is 16.3 Å². The number of para-hydroxylation sites is 1. The zero-order chi connectivity index (χ0) is 30.1. The van der Waals surface area contributed by atoms with Gasteiger partial charge in [-0.25, -0.2) is 13.8 Å². The van der Waals surface area contributed by atoms with E-state index < -0.39 is 22.5 Å². The largest absolute Gasteiger partial charge is 0.484 e. The fourth-order valence-corrected chi connectivity index (χ4v) is 5.58. The van der Waals surface area contributed by atoms with Crippen molar-refractivity contribution < 1.29 is 22.7 Å². The molecule has 0 aliphatic rings. The lowest BCUT2D eigenvalue weighted by Crippen LogP contribution is -2.40. The summed E-state index contributed by atoms with van der Waals surface area (Å²) in [5, 5.41) is 7.09. The molecule has 0 heterocycles. The number of halogens is 1. The summed E-state index contributed by atoms with van der Waals surface area (Å²) in [6.45, 7) is 2.96. The molecule has 0 spiro atoms. The lowest BCUT2D eigenvalue weighted by molar-refractivity contribution is -0.119. The Morgan fingerprint density at radius 2 is 1.60 bits per heavy atom. The minimum Gasteiger partial charge on any atom is -0.484 e. The van der Waals surface area contributed by atoms with Crippen LogP contribution in [0, 0.1) is 13.8 Å². The first-order valence-electron chi connectivity index (χ1n) is 12.9. The summed E-state index contributed by atoms with van der Waals surface area (Å²) in [6, 6.07) is 27.0. The van der Waals surface area contributed by atoms with Gasteiger partial charge in [0.25, 0.3) is 21.8 Å². The minimum absolute atomic E-state index is 0.0749. The van der Waals surface area contributed by atoms with Crippen LogP contribution in [-0.2, 0) is 19.6 Å². The van der Waals surface area contributed by atoms with Gasteiger partial charge in [-0.3, -0.25) is 13.9 Å². The van der Waals surface area contributed by atoms with E-state index in [1.807, 2.05) is 19.1 Å². The van der Waals surface area contributed by atoms with Crippen LogP contribution < -0.4 is 19.8 Å². The predicted molar refractivity (Wildman–Crippen MR) is 165 cm³/mol. The maximum absolute atomic E-state index is 13.5. The Morgan fingerprint density at radius 3 is 2.31 bits per heavy atom. The molecule has 216 valence electrons. The molecule has 0 aliphatic carbocycles. The highest BCUT2D eigenvalue weighted by atomic mass is 35.5. The van der Waals surface area contributed by atoms with Gasteiger partial charge in [0.2, 0.25) is 0 Å². The van der Waals surface area contributed by atoms with Gasteiger partial charge in [-0.15, -0.1) is 0 Å². The van der Waals surface area contributed by atoms with Crippen LogP contribution in [0.4, 0.5) is 11.4 Å². The molecular weight excluding hydrogens is 576 g/mol. The van der Waals surface area contributed by atoms with Crippen LogP contribution in [0.25, 0.3) is 0 Å². The smallest absolute Gasteiger partial charge is 0.264 e. The Labute approximate surface area is 249 Å². The first kappa shape index (κ1) is 30.3. The third-order valence-electron chi connectivity index (χ3n) is 6.05. The van der Waals surface area contributed by atoms with Gasteiger partial charge in [-0.2, -0.15) is 5.10 Å². The molecule has 4 aromatic rings. The van der Waals surface area contributed by atoms with Gasteiger partial charge in [0.1, 0.15) is 12.3 Å². The molecule has 0 unspecified atom stereocenters. The van der Waals surface area contributed by atoms with Crippen molar-refractivity contribution in [2.45, 2.75) is 18.7 Å². The second-order valence-electron chi connectivity index (χ2n) is 9.29. The van der Waals surface area contributed by atoms with Crippen molar-refractivity contribution in [3.63, 3.8) is 0 Å². The first-order valence-corrected chi connectivity index (χ1v) is 14.7. The van der Waals surface area contributed by atoms with Crippen molar-refractivity contribution in [2.24, 2.45) is 5.10 Å². The van der Waals surface area contributed by atoms with Gasteiger partial charge in [-0.05, 0) is 85.1 Å². The predicted octanol–water partition coefficient (Wildman–Crippen LogP) is 5.32. The molecule has 0 saturated carbocycles. The van der Waals surface area contributed by atoms with E-state index in [1.54, 1.807) is 79.7 Å².